The summed E-state index contributed by atoms with van der Waals surface area (Å²) in [7, 11) is 1.62. The van der Waals surface area contributed by atoms with Crippen LogP contribution in [0.5, 0.6) is 5.75 Å². The number of methoxy groups -OCH3 is 1. The number of hydrogen-bond donors (Lipinski definition) is 2. The Labute approximate surface area is 110 Å². The topological polar surface area (TPSA) is 60.2 Å². The fourth-order valence-electron chi connectivity index (χ4n) is 2.43. The quantitative estimate of drug-likeness (QED) is 0.890. The fraction of sp³-hybridized carbons (Fsp3) is 0.308. The molecule has 1 aromatic heterocycles. The Morgan fingerprint density at radius 1 is 1.33 bits per heavy atom. The molecule has 0 fully saturated rings. The highest BCUT2D eigenvalue weighted by atomic mass is 32.1. The molecule has 2 aromatic rings. The summed E-state index contributed by atoms with van der Waals surface area (Å²) >= 11 is 1.36. The number of ether oxygens (including phenoxy) is 1. The molecule has 0 saturated carbocycles. The van der Waals surface area contributed by atoms with Crippen LogP contribution in [0.3, 0.4) is 0 Å². The van der Waals surface area contributed by atoms with E-state index < -0.39 is 0 Å². The molecule has 0 bridgehead atoms. The van der Waals surface area contributed by atoms with Gasteiger partial charge in [-0.05, 0) is 35.5 Å². The Morgan fingerprint density at radius 2 is 2.00 bits per heavy atom. The maximum Gasteiger partial charge on any atom is 0.197 e. The van der Waals surface area contributed by atoms with Crippen LogP contribution in [-0.4, -0.2) is 17.5 Å². The zero-order chi connectivity index (χ0) is 12.5. The number of anilines is 2. The van der Waals surface area contributed by atoms with Crippen LogP contribution in [0.1, 0.15) is 11.1 Å². The highest BCUT2D eigenvalue weighted by molar-refractivity contribution is 7.11. The fourth-order valence-corrected chi connectivity index (χ4v) is 3.19. The molecule has 5 heteroatoms. The van der Waals surface area contributed by atoms with Crippen molar-refractivity contribution in [2.45, 2.75) is 18.9 Å². The minimum Gasteiger partial charge on any atom is -0.490 e. The van der Waals surface area contributed by atoms with Crippen LogP contribution in [0.2, 0.25) is 0 Å². The predicted octanol–water partition coefficient (Wildman–Crippen LogP) is 2.31. The normalized spacial score (nSPS) is 14.5. The Hall–Kier alpha value is -1.75. The van der Waals surface area contributed by atoms with Gasteiger partial charge in [0.1, 0.15) is 0 Å². The summed E-state index contributed by atoms with van der Waals surface area (Å²) in [6.45, 7) is 0. The van der Waals surface area contributed by atoms with Crippen LogP contribution in [0, 0.1) is 0 Å². The Morgan fingerprint density at radius 3 is 2.61 bits per heavy atom. The SMILES string of the molecule is COc1c(N)nsc1NC1Cc2ccccc2C1. The number of nitrogens with one attached hydrogen (secondary N) is 1. The molecule has 0 unspecified atom stereocenters. The van der Waals surface area contributed by atoms with Crippen LogP contribution in [0.25, 0.3) is 0 Å². The maximum atomic E-state index is 5.74. The van der Waals surface area contributed by atoms with E-state index in [0.29, 0.717) is 17.6 Å². The number of hydrogen-bond acceptors (Lipinski definition) is 5. The van der Waals surface area contributed by atoms with Gasteiger partial charge in [0.05, 0.1) is 7.11 Å². The van der Waals surface area contributed by atoms with Gasteiger partial charge in [-0.3, -0.25) is 0 Å². The zero-order valence-corrected chi connectivity index (χ0v) is 11.0. The lowest BCUT2D eigenvalue weighted by atomic mass is 10.1. The van der Waals surface area contributed by atoms with Crippen molar-refractivity contribution < 1.29 is 4.74 Å². The molecule has 0 radical (unpaired) electrons. The molecule has 0 atom stereocenters. The lowest BCUT2D eigenvalue weighted by Crippen LogP contribution is -2.19. The third kappa shape index (κ3) is 1.90. The number of fused-ring (bicyclic) bond motifs is 1. The van der Waals surface area contributed by atoms with E-state index in [1.165, 1.54) is 22.7 Å². The van der Waals surface area contributed by atoms with E-state index in [0.717, 1.165) is 17.8 Å². The van der Waals surface area contributed by atoms with E-state index in [1.54, 1.807) is 7.11 Å². The van der Waals surface area contributed by atoms with Gasteiger partial charge in [-0.25, -0.2) is 0 Å². The molecule has 0 saturated heterocycles. The molecular weight excluding hydrogens is 246 g/mol. The summed E-state index contributed by atoms with van der Waals surface area (Å²) < 4.78 is 9.37. The Bertz CT molecular complexity index is 542. The van der Waals surface area contributed by atoms with Gasteiger partial charge in [-0.2, -0.15) is 4.37 Å². The largest absolute Gasteiger partial charge is 0.490 e. The van der Waals surface area contributed by atoms with Gasteiger partial charge in [0.15, 0.2) is 16.6 Å². The lowest BCUT2D eigenvalue weighted by Gasteiger charge is -2.12. The minimum atomic E-state index is 0.399. The summed E-state index contributed by atoms with van der Waals surface area (Å²) in [5.41, 5.74) is 8.59. The van der Waals surface area contributed by atoms with Gasteiger partial charge in [0.25, 0.3) is 0 Å². The standard InChI is InChI=1S/C13H15N3OS/c1-17-11-12(14)16-18-13(11)15-10-6-8-4-2-3-5-9(8)7-10/h2-5,10,15H,6-7H2,1H3,(H2,14,16). The first-order valence-electron chi connectivity index (χ1n) is 5.90. The summed E-state index contributed by atoms with van der Waals surface area (Å²) in [6.07, 6.45) is 2.08. The van der Waals surface area contributed by atoms with E-state index in [1.807, 2.05) is 0 Å². The van der Waals surface area contributed by atoms with Gasteiger partial charge >= 0.3 is 0 Å². The predicted molar refractivity (Wildman–Crippen MR) is 74.3 cm³/mol. The van der Waals surface area contributed by atoms with Crippen LogP contribution >= 0.6 is 11.5 Å². The van der Waals surface area contributed by atoms with Gasteiger partial charge in [-0.15, -0.1) is 0 Å². The number of aromatic nitrogens is 1. The molecule has 1 aromatic carbocycles. The van der Waals surface area contributed by atoms with Crippen molar-refractivity contribution in [1.82, 2.24) is 4.37 Å². The maximum absolute atomic E-state index is 5.74. The van der Waals surface area contributed by atoms with Crippen molar-refractivity contribution in [3.63, 3.8) is 0 Å². The van der Waals surface area contributed by atoms with Crippen LogP contribution in [-0.2, 0) is 12.8 Å². The van der Waals surface area contributed by atoms with E-state index >= 15 is 0 Å². The monoisotopic (exact) mass is 261 g/mol. The average molecular weight is 261 g/mol. The number of benzene rings is 1. The molecule has 3 N–H and O–H groups in total. The molecule has 0 aliphatic heterocycles. The first kappa shape index (κ1) is 11.3. The third-order valence-corrected chi connectivity index (χ3v) is 4.04. The summed E-state index contributed by atoms with van der Waals surface area (Å²) in [4.78, 5) is 0. The number of nitrogen functional groups attached to an aromatic ring is 1. The van der Waals surface area contributed by atoms with Crippen LogP contribution in [0.15, 0.2) is 24.3 Å². The average Bonchev–Trinajstić information content (AvgIpc) is 2.93. The third-order valence-electron chi connectivity index (χ3n) is 3.26. The van der Waals surface area contributed by atoms with Gasteiger partial charge in [-0.1, -0.05) is 24.3 Å². The molecule has 3 rings (SSSR count). The highest BCUT2D eigenvalue weighted by Crippen LogP contribution is 2.36. The van der Waals surface area contributed by atoms with E-state index in [4.69, 9.17) is 10.5 Å². The highest BCUT2D eigenvalue weighted by Gasteiger charge is 2.23. The molecule has 1 heterocycles. The summed E-state index contributed by atoms with van der Waals surface area (Å²) in [5.74, 6) is 1.12. The van der Waals surface area contributed by atoms with E-state index in [-0.39, 0.29) is 0 Å². The van der Waals surface area contributed by atoms with Crippen molar-refractivity contribution in [3.8, 4) is 5.75 Å². The molecule has 4 nitrogen and oxygen atoms in total. The first-order valence-corrected chi connectivity index (χ1v) is 6.67. The molecule has 1 aliphatic rings. The summed E-state index contributed by atoms with van der Waals surface area (Å²) in [6, 6.07) is 8.96. The van der Waals surface area contributed by atoms with Gasteiger partial charge < -0.3 is 15.8 Å². The van der Waals surface area contributed by atoms with Crippen LogP contribution < -0.4 is 15.8 Å². The first-order chi connectivity index (χ1) is 8.78. The second-order valence-electron chi connectivity index (χ2n) is 4.45. The second-order valence-corrected chi connectivity index (χ2v) is 5.22. The summed E-state index contributed by atoms with van der Waals surface area (Å²) in [5, 5.41) is 4.40. The molecule has 18 heavy (non-hydrogen) atoms. The number of rotatable bonds is 3. The minimum absolute atomic E-state index is 0.399. The Kier molecular flexibility index (Phi) is 2.83. The molecule has 1 aliphatic carbocycles. The van der Waals surface area contributed by atoms with Crippen molar-refractivity contribution in [2.24, 2.45) is 0 Å². The smallest absolute Gasteiger partial charge is 0.197 e. The number of nitrogens with two attached hydrogens (primary N) is 1. The lowest BCUT2D eigenvalue weighted by molar-refractivity contribution is 0.419. The Balaban J connectivity index is 1.76. The molecule has 0 spiro atoms. The van der Waals surface area contributed by atoms with Crippen molar-refractivity contribution in [2.75, 3.05) is 18.2 Å². The van der Waals surface area contributed by atoms with E-state index in [2.05, 4.69) is 34.0 Å². The van der Waals surface area contributed by atoms with E-state index in [9.17, 15) is 0 Å². The van der Waals surface area contributed by atoms with Crippen molar-refractivity contribution in [3.05, 3.63) is 35.4 Å². The second kappa shape index (κ2) is 4.49. The van der Waals surface area contributed by atoms with Gasteiger partial charge in [0.2, 0.25) is 0 Å². The molecule has 94 valence electrons. The molecular formula is C13H15N3OS. The van der Waals surface area contributed by atoms with Crippen molar-refractivity contribution >= 4 is 22.4 Å². The van der Waals surface area contributed by atoms with Crippen molar-refractivity contribution in [1.29, 1.82) is 0 Å². The van der Waals surface area contributed by atoms with Crippen LogP contribution in [0.4, 0.5) is 10.8 Å². The zero-order valence-electron chi connectivity index (χ0n) is 10.1. The molecule has 0 amide bonds. The van der Waals surface area contributed by atoms with Gasteiger partial charge in [0, 0.05) is 6.04 Å². The number of nitrogens with zero attached hydrogens (tertiary/aromatic N) is 1.